The van der Waals surface area contributed by atoms with Crippen molar-refractivity contribution in [3.8, 4) is 22.5 Å². The second-order valence-electron chi connectivity index (χ2n) is 6.74. The lowest BCUT2D eigenvalue weighted by molar-refractivity contribution is -0.362. The number of para-hydroxylation sites is 1. The Morgan fingerprint density at radius 1 is 1.00 bits per heavy atom. The smallest absolute Gasteiger partial charge is 0.355 e. The molecule has 3 aromatic rings. The minimum Gasteiger partial charge on any atom is -0.355 e. The third-order valence-electron chi connectivity index (χ3n) is 4.83. The predicted octanol–water partition coefficient (Wildman–Crippen LogP) is 1.53. The van der Waals surface area contributed by atoms with Gasteiger partial charge in [-0.15, -0.1) is 4.58 Å². The lowest BCUT2D eigenvalue weighted by Crippen LogP contribution is -2.29. The molecule has 0 radical (unpaired) electrons. The molecule has 9 heteroatoms. The summed E-state index contributed by atoms with van der Waals surface area (Å²) in [5, 5.41) is 14.1. The Kier molecular flexibility index (Phi) is 5.73. The van der Waals surface area contributed by atoms with Crippen molar-refractivity contribution in [2.45, 2.75) is 12.8 Å². The average molecular weight is 405 g/mol. The number of benzene rings is 2. The Labute approximate surface area is 172 Å². The fourth-order valence-electron chi connectivity index (χ4n) is 3.40. The number of nitrogens with two attached hydrogens (primary N) is 1. The number of amides is 2. The second kappa shape index (κ2) is 8.76. The molecule has 0 atom stereocenters. The summed E-state index contributed by atoms with van der Waals surface area (Å²) in [5.74, 6) is 4.56. The van der Waals surface area contributed by atoms with E-state index < -0.39 is 0 Å². The number of carbonyl (C=O) groups excluding carboxylic acids is 2. The fourth-order valence-corrected chi connectivity index (χ4v) is 3.40. The molecule has 0 saturated heterocycles. The summed E-state index contributed by atoms with van der Waals surface area (Å²) in [5.41, 5.74) is 4.64. The lowest BCUT2D eigenvalue weighted by atomic mass is 9.97. The van der Waals surface area contributed by atoms with Crippen molar-refractivity contribution < 1.29 is 19.0 Å². The van der Waals surface area contributed by atoms with Crippen LogP contribution in [0.25, 0.3) is 22.5 Å². The SMILES string of the molecule is NOCCC(=O)NCCC(=O)[N+]1=Cc2ccccc2-c2n[nH]nc2-c2ccccc21. The van der Waals surface area contributed by atoms with Gasteiger partial charge in [0, 0.05) is 23.7 Å². The van der Waals surface area contributed by atoms with Crippen LogP contribution in [0.5, 0.6) is 0 Å². The lowest BCUT2D eigenvalue weighted by Gasteiger charge is -2.11. The minimum atomic E-state index is -0.220. The molecule has 9 nitrogen and oxygen atoms in total. The maximum Gasteiger partial charge on any atom is 0.394 e. The Morgan fingerprint density at radius 3 is 2.50 bits per heavy atom. The Hall–Kier alpha value is -3.69. The van der Waals surface area contributed by atoms with Gasteiger partial charge in [-0.1, -0.05) is 30.3 Å². The number of fused-ring (bicyclic) bond motifs is 5. The summed E-state index contributed by atoms with van der Waals surface area (Å²) in [6.45, 7) is 0.343. The van der Waals surface area contributed by atoms with E-state index in [1.807, 2.05) is 48.5 Å². The number of rotatable bonds is 6. The zero-order valence-corrected chi connectivity index (χ0v) is 16.2. The molecule has 0 unspecified atom stereocenters. The van der Waals surface area contributed by atoms with Crippen LogP contribution < -0.4 is 11.2 Å². The number of hydrogen-bond donors (Lipinski definition) is 3. The van der Waals surface area contributed by atoms with Gasteiger partial charge in [-0.3, -0.25) is 4.79 Å². The summed E-state index contributed by atoms with van der Waals surface area (Å²) in [6, 6.07) is 15.2. The maximum atomic E-state index is 13.1. The van der Waals surface area contributed by atoms with Gasteiger partial charge in [0.25, 0.3) is 0 Å². The molecule has 4 N–H and O–H groups in total. The standard InChI is InChI=1S/C21H20N6O3/c22-30-12-10-18(28)23-11-9-19(29)27-13-14-5-1-2-6-15(14)20-21(25-26-24-20)16-7-3-4-8-17(16)27/h1-8,13H,9-12,22H2,(H,23,28)/p+1. The number of nitrogens with zero attached hydrogens (tertiary/aromatic N) is 3. The highest BCUT2D eigenvalue weighted by Gasteiger charge is 2.30. The first-order valence-corrected chi connectivity index (χ1v) is 9.54. The van der Waals surface area contributed by atoms with Crippen molar-refractivity contribution in [2.75, 3.05) is 13.2 Å². The zero-order valence-electron chi connectivity index (χ0n) is 16.2. The maximum absolute atomic E-state index is 13.1. The average Bonchev–Trinajstić information content (AvgIpc) is 3.24. The predicted molar refractivity (Wildman–Crippen MR) is 110 cm³/mol. The molecular formula is C21H21N6O3+. The first-order valence-electron chi connectivity index (χ1n) is 9.54. The fraction of sp³-hybridized carbons (Fsp3) is 0.190. The van der Waals surface area contributed by atoms with E-state index >= 15 is 0 Å². The quantitative estimate of drug-likeness (QED) is 0.422. The second-order valence-corrected chi connectivity index (χ2v) is 6.74. The minimum absolute atomic E-state index is 0.129. The molecular weight excluding hydrogens is 384 g/mol. The highest BCUT2D eigenvalue weighted by molar-refractivity contribution is 5.97. The number of nitrogens with one attached hydrogen (secondary N) is 2. The van der Waals surface area contributed by atoms with Crippen molar-refractivity contribution in [3.63, 3.8) is 0 Å². The highest BCUT2D eigenvalue weighted by atomic mass is 16.6. The number of aromatic nitrogens is 3. The van der Waals surface area contributed by atoms with Gasteiger partial charge in [0.2, 0.25) is 11.6 Å². The van der Waals surface area contributed by atoms with Gasteiger partial charge in [0.15, 0.2) is 6.21 Å². The van der Waals surface area contributed by atoms with Crippen molar-refractivity contribution in [1.82, 2.24) is 20.7 Å². The molecule has 1 aliphatic heterocycles. The zero-order chi connectivity index (χ0) is 20.9. The van der Waals surface area contributed by atoms with E-state index in [9.17, 15) is 9.59 Å². The molecule has 0 fully saturated rings. The van der Waals surface area contributed by atoms with Gasteiger partial charge in [-0.25, -0.2) is 10.7 Å². The Balaban J connectivity index is 1.68. The molecule has 2 aromatic carbocycles. The van der Waals surface area contributed by atoms with E-state index in [1.54, 1.807) is 10.8 Å². The van der Waals surface area contributed by atoms with Crippen LogP contribution in [-0.2, 0) is 14.4 Å². The van der Waals surface area contributed by atoms with Gasteiger partial charge in [-0.2, -0.15) is 15.4 Å². The number of carbonyl (C=O) groups is 2. The van der Waals surface area contributed by atoms with Crippen molar-refractivity contribution in [2.24, 2.45) is 5.90 Å². The first-order chi connectivity index (χ1) is 14.7. The monoisotopic (exact) mass is 405 g/mol. The highest BCUT2D eigenvalue weighted by Crippen LogP contribution is 2.37. The van der Waals surface area contributed by atoms with E-state index in [0.717, 1.165) is 22.4 Å². The first kappa shape index (κ1) is 19.6. The summed E-state index contributed by atoms with van der Waals surface area (Å²) < 4.78 is 1.61. The van der Waals surface area contributed by atoms with Crippen LogP contribution in [0.15, 0.2) is 48.5 Å². The van der Waals surface area contributed by atoms with E-state index in [4.69, 9.17) is 5.90 Å². The van der Waals surface area contributed by atoms with Crippen LogP contribution in [0.3, 0.4) is 0 Å². The molecule has 0 aliphatic carbocycles. The number of hydrogen-bond acceptors (Lipinski definition) is 6. The third kappa shape index (κ3) is 3.88. The van der Waals surface area contributed by atoms with E-state index in [2.05, 4.69) is 25.6 Å². The molecule has 30 heavy (non-hydrogen) atoms. The molecule has 0 spiro atoms. The number of H-pyrrole nitrogens is 1. The van der Waals surface area contributed by atoms with E-state index in [-0.39, 0.29) is 37.8 Å². The molecule has 2 heterocycles. The molecule has 0 saturated carbocycles. The van der Waals surface area contributed by atoms with Crippen LogP contribution in [0, 0.1) is 0 Å². The summed E-state index contributed by atoms with van der Waals surface area (Å²) >= 11 is 0. The van der Waals surface area contributed by atoms with Gasteiger partial charge < -0.3 is 10.2 Å². The van der Waals surface area contributed by atoms with Gasteiger partial charge in [0.05, 0.1) is 25.0 Å². The van der Waals surface area contributed by atoms with Crippen LogP contribution in [0.1, 0.15) is 18.4 Å². The van der Waals surface area contributed by atoms with Crippen LogP contribution in [0.2, 0.25) is 0 Å². The molecule has 1 aliphatic rings. The topological polar surface area (TPSA) is 126 Å². The summed E-state index contributed by atoms with van der Waals surface area (Å²) in [4.78, 5) is 29.3. The molecule has 152 valence electrons. The largest absolute Gasteiger partial charge is 0.394 e. The van der Waals surface area contributed by atoms with E-state index in [1.165, 1.54) is 0 Å². The summed E-state index contributed by atoms with van der Waals surface area (Å²) in [7, 11) is 0. The Bertz CT molecular complexity index is 1120. The van der Waals surface area contributed by atoms with E-state index in [0.29, 0.717) is 11.4 Å². The molecule has 2 amide bonds. The molecule has 1 aromatic heterocycles. The van der Waals surface area contributed by atoms with Gasteiger partial charge in [-0.05, 0) is 12.1 Å². The van der Waals surface area contributed by atoms with Gasteiger partial charge in [0.1, 0.15) is 11.4 Å². The normalized spacial score (nSPS) is 12.0. The van der Waals surface area contributed by atoms with Gasteiger partial charge >= 0.3 is 5.91 Å². The van der Waals surface area contributed by atoms with Crippen LogP contribution >= 0.6 is 0 Å². The van der Waals surface area contributed by atoms with Crippen molar-refractivity contribution >= 4 is 23.7 Å². The number of aromatic amines is 1. The third-order valence-corrected chi connectivity index (χ3v) is 4.83. The van der Waals surface area contributed by atoms with Crippen molar-refractivity contribution in [1.29, 1.82) is 0 Å². The summed E-state index contributed by atoms with van der Waals surface area (Å²) in [6.07, 6.45) is 2.08. The molecule has 0 bridgehead atoms. The Morgan fingerprint density at radius 2 is 1.70 bits per heavy atom. The van der Waals surface area contributed by atoms with Crippen molar-refractivity contribution in [3.05, 3.63) is 54.1 Å². The van der Waals surface area contributed by atoms with Crippen LogP contribution in [0.4, 0.5) is 5.69 Å². The van der Waals surface area contributed by atoms with Crippen LogP contribution in [-0.4, -0.2) is 51.2 Å². The molecule has 4 rings (SSSR count).